The summed E-state index contributed by atoms with van der Waals surface area (Å²) in [4.78, 5) is 21.9. The van der Waals surface area contributed by atoms with Gasteiger partial charge in [0.25, 0.3) is 0 Å². The number of aromatic nitrogens is 2. The van der Waals surface area contributed by atoms with Gasteiger partial charge in [-0.3, -0.25) is 9.48 Å². The Hall–Kier alpha value is -2.05. The first kappa shape index (κ1) is 16.0. The smallest absolute Gasteiger partial charge is 0.315 e. The number of rotatable bonds is 7. The monoisotopic (exact) mass is 282 g/mol. The van der Waals surface area contributed by atoms with Crippen LogP contribution in [0.5, 0.6) is 0 Å². The predicted molar refractivity (Wildman–Crippen MR) is 74.5 cm³/mol. The minimum absolute atomic E-state index is 0.0826. The molecule has 0 aliphatic carbocycles. The predicted octanol–water partition coefficient (Wildman–Crippen LogP) is 0.819. The molecule has 0 aromatic carbocycles. The van der Waals surface area contributed by atoms with Crippen molar-refractivity contribution in [3.63, 3.8) is 0 Å². The maximum Gasteiger partial charge on any atom is 0.315 e. The number of hydrogen-bond acceptors (Lipinski definition) is 3. The van der Waals surface area contributed by atoms with Crippen LogP contribution >= 0.6 is 0 Å². The van der Waals surface area contributed by atoms with Gasteiger partial charge in [-0.05, 0) is 12.8 Å². The van der Waals surface area contributed by atoms with Gasteiger partial charge in [0.1, 0.15) is 0 Å². The fraction of sp³-hybridized carbons (Fsp3) is 0.615. The van der Waals surface area contributed by atoms with Crippen molar-refractivity contribution in [3.05, 3.63) is 17.0 Å². The highest BCUT2D eigenvalue weighted by molar-refractivity contribution is 5.75. The van der Waals surface area contributed by atoms with Crippen LogP contribution in [0.25, 0.3) is 0 Å². The van der Waals surface area contributed by atoms with E-state index >= 15 is 0 Å². The fourth-order valence-corrected chi connectivity index (χ4v) is 2.11. The van der Waals surface area contributed by atoms with Crippen LogP contribution < -0.4 is 10.6 Å². The third kappa shape index (κ3) is 4.25. The molecule has 0 radical (unpaired) electrons. The van der Waals surface area contributed by atoms with Crippen LogP contribution in [-0.4, -0.2) is 33.4 Å². The lowest BCUT2D eigenvalue weighted by molar-refractivity contribution is -0.136. The van der Waals surface area contributed by atoms with Gasteiger partial charge in [0.2, 0.25) is 0 Å². The second kappa shape index (κ2) is 7.52. The van der Waals surface area contributed by atoms with Crippen molar-refractivity contribution in [2.45, 2.75) is 39.7 Å². The van der Waals surface area contributed by atoms with Crippen molar-refractivity contribution in [2.24, 2.45) is 7.05 Å². The van der Waals surface area contributed by atoms with E-state index in [1.54, 1.807) is 0 Å². The number of carboxylic acid groups (broad SMARTS) is 1. The molecule has 1 heterocycles. The number of carboxylic acids is 1. The van der Waals surface area contributed by atoms with Gasteiger partial charge < -0.3 is 15.7 Å². The SMILES string of the molecule is CCc1nn(C)c(CC)c1CNC(=O)NCCC(=O)O. The third-order valence-electron chi connectivity index (χ3n) is 3.08. The van der Waals surface area contributed by atoms with E-state index in [4.69, 9.17) is 5.11 Å². The average Bonchev–Trinajstić information content (AvgIpc) is 2.71. The molecule has 3 N–H and O–H groups in total. The number of nitrogens with zero attached hydrogens (tertiary/aromatic N) is 2. The number of nitrogens with one attached hydrogen (secondary N) is 2. The Balaban J connectivity index is 2.56. The summed E-state index contributed by atoms with van der Waals surface area (Å²) in [7, 11) is 1.90. The van der Waals surface area contributed by atoms with Crippen LogP contribution in [0.1, 0.15) is 37.2 Å². The molecule has 0 fully saturated rings. The van der Waals surface area contributed by atoms with E-state index in [1.807, 2.05) is 25.6 Å². The van der Waals surface area contributed by atoms with Gasteiger partial charge in [-0.1, -0.05) is 13.8 Å². The van der Waals surface area contributed by atoms with Crippen LogP contribution in [-0.2, 0) is 31.2 Å². The van der Waals surface area contributed by atoms with E-state index in [0.29, 0.717) is 6.54 Å². The summed E-state index contributed by atoms with van der Waals surface area (Å²) < 4.78 is 1.85. The maximum absolute atomic E-state index is 11.6. The van der Waals surface area contributed by atoms with Crippen LogP contribution in [0.2, 0.25) is 0 Å². The second-order valence-electron chi connectivity index (χ2n) is 4.46. The zero-order valence-electron chi connectivity index (χ0n) is 12.2. The maximum atomic E-state index is 11.6. The standard InChI is InChI=1S/C13H22N4O3/c1-4-10-9(11(5-2)17(3)16-10)8-15-13(20)14-7-6-12(18)19/h4-8H2,1-3H3,(H,18,19)(H2,14,15,20). The molecule has 2 amide bonds. The quantitative estimate of drug-likeness (QED) is 0.690. The van der Waals surface area contributed by atoms with Gasteiger partial charge in [-0.25, -0.2) is 4.79 Å². The number of carbonyl (C=O) groups excluding carboxylic acids is 1. The average molecular weight is 282 g/mol. The topological polar surface area (TPSA) is 96.3 Å². The number of hydrogen-bond donors (Lipinski definition) is 3. The lowest BCUT2D eigenvalue weighted by Gasteiger charge is -2.08. The molecular formula is C13H22N4O3. The molecule has 0 spiro atoms. The van der Waals surface area contributed by atoms with Gasteiger partial charge in [-0.2, -0.15) is 5.10 Å². The minimum Gasteiger partial charge on any atom is -0.481 e. The second-order valence-corrected chi connectivity index (χ2v) is 4.46. The molecule has 0 aliphatic heterocycles. The molecule has 0 aliphatic rings. The molecule has 7 heteroatoms. The van der Waals surface area contributed by atoms with Crippen LogP contribution in [0.15, 0.2) is 0 Å². The molecule has 0 bridgehead atoms. The summed E-state index contributed by atoms with van der Waals surface area (Å²) in [6.07, 6.45) is 1.58. The zero-order chi connectivity index (χ0) is 15.1. The molecule has 0 saturated heterocycles. The number of carbonyl (C=O) groups is 2. The van der Waals surface area contributed by atoms with Gasteiger partial charge in [0.05, 0.1) is 12.1 Å². The molecule has 1 aromatic rings. The molecule has 0 atom stereocenters. The summed E-state index contributed by atoms with van der Waals surface area (Å²) in [6.45, 7) is 4.60. The van der Waals surface area contributed by atoms with Crippen LogP contribution in [0.3, 0.4) is 0 Å². The molecule has 0 unspecified atom stereocenters. The highest BCUT2D eigenvalue weighted by Gasteiger charge is 2.14. The van der Waals surface area contributed by atoms with Crippen molar-refractivity contribution < 1.29 is 14.7 Å². The first-order valence-electron chi connectivity index (χ1n) is 6.76. The molecule has 0 saturated carbocycles. The van der Waals surface area contributed by atoms with Crippen molar-refractivity contribution in [1.29, 1.82) is 0 Å². The zero-order valence-corrected chi connectivity index (χ0v) is 12.2. The van der Waals surface area contributed by atoms with E-state index < -0.39 is 5.97 Å². The summed E-state index contributed by atoms with van der Waals surface area (Å²) in [5.41, 5.74) is 3.13. The first-order chi connectivity index (χ1) is 9.49. The molecular weight excluding hydrogens is 260 g/mol. The van der Waals surface area contributed by atoms with Gasteiger partial charge in [-0.15, -0.1) is 0 Å². The highest BCUT2D eigenvalue weighted by Crippen LogP contribution is 2.14. The number of aryl methyl sites for hydroxylation is 2. The molecule has 112 valence electrons. The Kier molecular flexibility index (Phi) is 6.02. The van der Waals surface area contributed by atoms with Crippen LogP contribution in [0.4, 0.5) is 4.79 Å². The molecule has 1 rings (SSSR count). The summed E-state index contributed by atoms with van der Waals surface area (Å²) >= 11 is 0. The summed E-state index contributed by atoms with van der Waals surface area (Å²) in [6, 6.07) is -0.362. The van der Waals surface area contributed by atoms with Gasteiger partial charge in [0, 0.05) is 31.4 Å². The van der Waals surface area contributed by atoms with Crippen molar-refractivity contribution in [3.8, 4) is 0 Å². The van der Waals surface area contributed by atoms with Crippen molar-refractivity contribution >= 4 is 12.0 Å². The lowest BCUT2D eigenvalue weighted by atomic mass is 10.1. The Morgan fingerprint density at radius 3 is 2.50 bits per heavy atom. The van der Waals surface area contributed by atoms with Crippen LogP contribution in [0, 0.1) is 0 Å². The minimum atomic E-state index is -0.931. The van der Waals surface area contributed by atoms with E-state index in [1.165, 1.54) is 0 Å². The van der Waals surface area contributed by atoms with E-state index in [-0.39, 0.29) is 19.0 Å². The number of amides is 2. The van der Waals surface area contributed by atoms with Crippen molar-refractivity contribution in [1.82, 2.24) is 20.4 Å². The summed E-state index contributed by atoms with van der Waals surface area (Å²) in [5.74, 6) is -0.931. The van der Waals surface area contributed by atoms with Crippen molar-refractivity contribution in [2.75, 3.05) is 6.54 Å². The third-order valence-corrected chi connectivity index (χ3v) is 3.08. The Morgan fingerprint density at radius 2 is 1.95 bits per heavy atom. The Bertz CT molecular complexity index is 482. The largest absolute Gasteiger partial charge is 0.481 e. The van der Waals surface area contributed by atoms with Gasteiger partial charge in [0.15, 0.2) is 0 Å². The molecule has 7 nitrogen and oxygen atoms in total. The Morgan fingerprint density at radius 1 is 1.25 bits per heavy atom. The highest BCUT2D eigenvalue weighted by atomic mass is 16.4. The number of aliphatic carboxylic acids is 1. The molecule has 20 heavy (non-hydrogen) atoms. The Labute approximate surface area is 118 Å². The van der Waals surface area contributed by atoms with E-state index in [9.17, 15) is 9.59 Å². The summed E-state index contributed by atoms with van der Waals surface area (Å²) in [5, 5.41) is 18.2. The molecule has 1 aromatic heterocycles. The fourth-order valence-electron chi connectivity index (χ4n) is 2.11. The van der Waals surface area contributed by atoms with Gasteiger partial charge >= 0.3 is 12.0 Å². The first-order valence-corrected chi connectivity index (χ1v) is 6.76. The lowest BCUT2D eigenvalue weighted by Crippen LogP contribution is -2.36. The van der Waals surface area contributed by atoms with E-state index in [2.05, 4.69) is 15.7 Å². The number of urea groups is 1. The van der Waals surface area contributed by atoms with E-state index in [0.717, 1.165) is 29.8 Å². The normalized spacial score (nSPS) is 10.3.